The summed E-state index contributed by atoms with van der Waals surface area (Å²) in [5.74, 6) is -0.317. The number of carbonyl (C=O) groups excluding carboxylic acids is 1. The van der Waals surface area contributed by atoms with Gasteiger partial charge in [-0.3, -0.25) is 14.9 Å². The maximum Gasteiger partial charge on any atom is 0.273 e. The Hall–Kier alpha value is -2.62. The highest BCUT2D eigenvalue weighted by molar-refractivity contribution is 5.97. The molecule has 94 valence electrons. The highest BCUT2D eigenvalue weighted by Crippen LogP contribution is 2.25. The van der Waals surface area contributed by atoms with E-state index in [0.717, 1.165) is 0 Å². The van der Waals surface area contributed by atoms with Gasteiger partial charge in [0.25, 0.3) is 11.6 Å². The number of hydrogen-bond acceptors (Lipinski definition) is 5. The van der Waals surface area contributed by atoms with E-state index < -0.39 is 10.8 Å². The molecule has 0 unspecified atom stereocenters. The average molecular weight is 249 g/mol. The van der Waals surface area contributed by atoms with Crippen molar-refractivity contribution in [3.05, 3.63) is 33.9 Å². The van der Waals surface area contributed by atoms with Crippen molar-refractivity contribution in [2.45, 2.75) is 0 Å². The molecule has 0 aliphatic carbocycles. The smallest absolute Gasteiger partial charge is 0.273 e. The van der Waals surface area contributed by atoms with Crippen molar-refractivity contribution in [1.82, 2.24) is 4.90 Å². The molecular formula is C11H11N3O4. The van der Waals surface area contributed by atoms with Crippen LogP contribution in [0.25, 0.3) is 0 Å². The Morgan fingerprint density at radius 2 is 2.28 bits per heavy atom. The highest BCUT2D eigenvalue weighted by atomic mass is 16.6. The molecule has 7 heteroatoms. The summed E-state index contributed by atoms with van der Waals surface area (Å²) < 4.78 is 4.95. The summed E-state index contributed by atoms with van der Waals surface area (Å²) in [5, 5.41) is 19.1. The van der Waals surface area contributed by atoms with Gasteiger partial charge in [-0.05, 0) is 6.07 Å². The van der Waals surface area contributed by atoms with E-state index >= 15 is 0 Å². The van der Waals surface area contributed by atoms with Crippen LogP contribution >= 0.6 is 0 Å². The third-order valence-electron chi connectivity index (χ3n) is 2.28. The molecule has 18 heavy (non-hydrogen) atoms. The largest absolute Gasteiger partial charge is 0.496 e. The molecule has 0 aliphatic heterocycles. The third kappa shape index (κ3) is 2.74. The zero-order valence-electron chi connectivity index (χ0n) is 9.91. The van der Waals surface area contributed by atoms with Crippen LogP contribution in [0.5, 0.6) is 5.75 Å². The van der Waals surface area contributed by atoms with E-state index in [1.54, 1.807) is 0 Å². The van der Waals surface area contributed by atoms with Gasteiger partial charge >= 0.3 is 0 Å². The van der Waals surface area contributed by atoms with Crippen molar-refractivity contribution in [3.63, 3.8) is 0 Å². The van der Waals surface area contributed by atoms with Crippen molar-refractivity contribution < 1.29 is 14.5 Å². The lowest BCUT2D eigenvalue weighted by Crippen LogP contribution is -2.27. The number of methoxy groups -OCH3 is 1. The molecule has 0 atom stereocenters. The maximum absolute atomic E-state index is 11.9. The van der Waals surface area contributed by atoms with Crippen LogP contribution in [0.4, 0.5) is 5.69 Å². The number of nitro benzene ring substituents is 1. The molecule has 1 rings (SSSR count). The van der Waals surface area contributed by atoms with Crippen LogP contribution in [0.3, 0.4) is 0 Å². The number of non-ortho nitro benzene ring substituents is 1. The number of amides is 1. The lowest BCUT2D eigenvalue weighted by Gasteiger charge is -2.15. The van der Waals surface area contributed by atoms with Crippen molar-refractivity contribution in [1.29, 1.82) is 5.26 Å². The van der Waals surface area contributed by atoms with E-state index in [-0.39, 0.29) is 23.5 Å². The van der Waals surface area contributed by atoms with Crippen LogP contribution in [0.2, 0.25) is 0 Å². The molecule has 0 bridgehead atoms. The summed E-state index contributed by atoms with van der Waals surface area (Å²) in [4.78, 5) is 23.1. The quantitative estimate of drug-likeness (QED) is 0.453. The molecule has 7 nitrogen and oxygen atoms in total. The summed E-state index contributed by atoms with van der Waals surface area (Å²) in [6.45, 7) is -0.0705. The Labute approximate surface area is 103 Å². The molecule has 1 amide bonds. The number of ether oxygens (including phenoxy) is 1. The van der Waals surface area contributed by atoms with E-state index in [1.165, 1.54) is 37.3 Å². The Morgan fingerprint density at radius 1 is 1.61 bits per heavy atom. The zero-order chi connectivity index (χ0) is 13.7. The zero-order valence-corrected chi connectivity index (χ0v) is 9.91. The normalized spacial score (nSPS) is 9.39. The summed E-state index contributed by atoms with van der Waals surface area (Å²) in [5.41, 5.74) is 0.0205. The molecule has 0 radical (unpaired) electrons. The molecule has 0 N–H and O–H groups in total. The van der Waals surface area contributed by atoms with E-state index in [0.29, 0.717) is 0 Å². The van der Waals surface area contributed by atoms with Gasteiger partial charge in [0.15, 0.2) is 0 Å². The molecular weight excluding hydrogens is 238 g/mol. The van der Waals surface area contributed by atoms with E-state index in [1.807, 2.05) is 6.07 Å². The first kappa shape index (κ1) is 13.4. The fourth-order valence-electron chi connectivity index (χ4n) is 1.35. The predicted molar refractivity (Wildman–Crippen MR) is 62.2 cm³/mol. The average Bonchev–Trinajstić information content (AvgIpc) is 2.37. The molecule has 1 aromatic rings. The summed E-state index contributed by atoms with van der Waals surface area (Å²) >= 11 is 0. The molecule has 0 fully saturated rings. The van der Waals surface area contributed by atoms with Gasteiger partial charge in [0.2, 0.25) is 0 Å². The van der Waals surface area contributed by atoms with Gasteiger partial charge in [0.1, 0.15) is 12.3 Å². The van der Waals surface area contributed by atoms with Crippen molar-refractivity contribution >= 4 is 11.6 Å². The van der Waals surface area contributed by atoms with Gasteiger partial charge in [0, 0.05) is 13.1 Å². The summed E-state index contributed by atoms with van der Waals surface area (Å²) in [6, 6.07) is 5.55. The second-order valence-electron chi connectivity index (χ2n) is 3.46. The number of nitro groups is 1. The fraction of sp³-hybridized carbons (Fsp3) is 0.273. The number of hydrogen-bond donors (Lipinski definition) is 0. The summed E-state index contributed by atoms with van der Waals surface area (Å²) in [6.07, 6.45) is 0. The third-order valence-corrected chi connectivity index (χ3v) is 2.28. The number of nitriles is 1. The molecule has 0 saturated carbocycles. The number of benzene rings is 1. The maximum atomic E-state index is 11.9. The minimum atomic E-state index is -0.574. The number of nitrogens with zero attached hydrogens (tertiary/aromatic N) is 3. The molecule has 0 aliphatic rings. The van der Waals surface area contributed by atoms with Crippen LogP contribution < -0.4 is 4.74 Å². The second-order valence-corrected chi connectivity index (χ2v) is 3.46. The van der Waals surface area contributed by atoms with Gasteiger partial charge in [-0.1, -0.05) is 0 Å². The molecule has 0 aromatic heterocycles. The second kappa shape index (κ2) is 5.63. The molecule has 0 spiro atoms. The minimum Gasteiger partial charge on any atom is -0.496 e. The van der Waals surface area contributed by atoms with Gasteiger partial charge in [0.05, 0.1) is 29.7 Å². The van der Waals surface area contributed by atoms with E-state index in [4.69, 9.17) is 10.00 Å². The minimum absolute atomic E-state index is 0.0705. The lowest BCUT2D eigenvalue weighted by atomic mass is 10.1. The molecule has 1 aromatic carbocycles. The number of rotatable bonds is 4. The predicted octanol–water partition coefficient (Wildman–Crippen LogP) is 1.20. The SMILES string of the molecule is COc1cc([N+](=O)[O-])ccc1C(=O)N(C)CC#N. The van der Waals surface area contributed by atoms with Gasteiger partial charge < -0.3 is 9.64 Å². The van der Waals surface area contributed by atoms with Gasteiger partial charge in [-0.2, -0.15) is 5.26 Å². The van der Waals surface area contributed by atoms with Crippen molar-refractivity contribution in [2.75, 3.05) is 20.7 Å². The van der Waals surface area contributed by atoms with Gasteiger partial charge in [-0.15, -0.1) is 0 Å². The molecule has 0 heterocycles. The highest BCUT2D eigenvalue weighted by Gasteiger charge is 2.19. The molecule has 0 saturated heterocycles. The first-order chi connectivity index (χ1) is 8.51. The van der Waals surface area contributed by atoms with Crippen LogP contribution in [-0.4, -0.2) is 36.4 Å². The summed E-state index contributed by atoms with van der Waals surface area (Å²) in [7, 11) is 2.78. The van der Waals surface area contributed by atoms with Crippen LogP contribution in [0, 0.1) is 21.4 Å². The Morgan fingerprint density at radius 3 is 2.78 bits per heavy atom. The van der Waals surface area contributed by atoms with Crippen molar-refractivity contribution in [2.24, 2.45) is 0 Å². The monoisotopic (exact) mass is 249 g/mol. The van der Waals surface area contributed by atoms with Crippen molar-refractivity contribution in [3.8, 4) is 11.8 Å². The van der Waals surface area contributed by atoms with E-state index in [9.17, 15) is 14.9 Å². The fourth-order valence-corrected chi connectivity index (χ4v) is 1.35. The Bertz CT molecular complexity index is 522. The Kier molecular flexibility index (Phi) is 4.21. The topological polar surface area (TPSA) is 96.5 Å². The van der Waals surface area contributed by atoms with Crippen LogP contribution in [-0.2, 0) is 0 Å². The Balaban J connectivity index is 3.14. The standard InChI is InChI=1S/C11H11N3O4/c1-13(6-5-12)11(15)9-4-3-8(14(16)17)7-10(9)18-2/h3-4,7H,6H2,1-2H3. The van der Waals surface area contributed by atoms with Crippen LogP contribution in [0.1, 0.15) is 10.4 Å². The number of carbonyl (C=O) groups is 1. The van der Waals surface area contributed by atoms with Crippen LogP contribution in [0.15, 0.2) is 18.2 Å². The lowest BCUT2D eigenvalue weighted by molar-refractivity contribution is -0.384. The van der Waals surface area contributed by atoms with E-state index in [2.05, 4.69) is 0 Å². The van der Waals surface area contributed by atoms with Gasteiger partial charge in [-0.25, -0.2) is 0 Å². The first-order valence-corrected chi connectivity index (χ1v) is 4.96. The first-order valence-electron chi connectivity index (χ1n) is 4.96.